The summed E-state index contributed by atoms with van der Waals surface area (Å²) in [5, 5.41) is 3.27. The minimum absolute atomic E-state index is 0.317. The number of pyridine rings is 1. The van der Waals surface area contributed by atoms with Crippen LogP contribution in [0.2, 0.25) is 0 Å². The maximum atomic E-state index is 11.5. The molecule has 1 N–H and O–H groups in total. The Bertz CT molecular complexity index is 321. The van der Waals surface area contributed by atoms with Crippen molar-refractivity contribution in [3.8, 4) is 0 Å². The number of nitrogens with zero attached hydrogens (tertiary/aromatic N) is 1. The number of carbonyl (C=O) groups excluding carboxylic acids is 1. The summed E-state index contributed by atoms with van der Waals surface area (Å²) in [5.74, 6) is -0.343. The molecule has 1 aliphatic heterocycles. The molecule has 80 valence electrons. The van der Waals surface area contributed by atoms with Crippen molar-refractivity contribution >= 4 is 5.97 Å². The van der Waals surface area contributed by atoms with Crippen molar-refractivity contribution in [2.75, 3.05) is 13.2 Å². The Balaban J connectivity index is 1.82. The highest BCUT2D eigenvalue weighted by atomic mass is 16.5. The molecule has 4 heteroatoms. The largest absolute Gasteiger partial charge is 0.459 e. The van der Waals surface area contributed by atoms with Crippen molar-refractivity contribution in [2.45, 2.75) is 18.9 Å². The standard InChI is InChI=1S/C11H14N2O2/c14-11(10-5-1-2-6-13-10)15-8-9-4-3-7-12-9/h1-2,5-6,9,12H,3-4,7-8H2/t9-/m0/s1. The molecule has 0 aromatic carbocycles. The van der Waals surface area contributed by atoms with Crippen LogP contribution in [0, 0.1) is 0 Å². The fourth-order valence-corrected chi connectivity index (χ4v) is 1.63. The Morgan fingerprint density at radius 3 is 3.20 bits per heavy atom. The number of ether oxygens (including phenoxy) is 1. The van der Waals surface area contributed by atoms with Gasteiger partial charge in [-0.25, -0.2) is 9.78 Å². The molecule has 2 heterocycles. The molecule has 1 aromatic rings. The molecule has 15 heavy (non-hydrogen) atoms. The normalized spacial score (nSPS) is 20.1. The summed E-state index contributed by atoms with van der Waals surface area (Å²) in [7, 11) is 0. The zero-order chi connectivity index (χ0) is 10.5. The molecule has 0 unspecified atom stereocenters. The molecule has 1 aromatic heterocycles. The van der Waals surface area contributed by atoms with Crippen molar-refractivity contribution < 1.29 is 9.53 Å². The van der Waals surface area contributed by atoms with Crippen LogP contribution in [-0.4, -0.2) is 30.1 Å². The Hall–Kier alpha value is -1.42. The van der Waals surface area contributed by atoms with Gasteiger partial charge in [0.05, 0.1) is 0 Å². The summed E-state index contributed by atoms with van der Waals surface area (Å²) in [6, 6.07) is 5.52. The highest BCUT2D eigenvalue weighted by molar-refractivity contribution is 5.87. The molecule has 0 aliphatic carbocycles. The third-order valence-electron chi connectivity index (χ3n) is 2.45. The van der Waals surface area contributed by atoms with Crippen molar-refractivity contribution in [3.63, 3.8) is 0 Å². The van der Waals surface area contributed by atoms with E-state index in [1.807, 2.05) is 0 Å². The predicted molar refractivity (Wildman–Crippen MR) is 55.5 cm³/mol. The zero-order valence-electron chi connectivity index (χ0n) is 8.48. The van der Waals surface area contributed by atoms with E-state index in [0.29, 0.717) is 18.3 Å². The van der Waals surface area contributed by atoms with Crippen LogP contribution in [0.1, 0.15) is 23.3 Å². The number of hydrogen-bond donors (Lipinski definition) is 1. The summed E-state index contributed by atoms with van der Waals surface area (Å²) >= 11 is 0. The Labute approximate surface area is 88.7 Å². The molecule has 0 amide bonds. The Morgan fingerprint density at radius 2 is 2.53 bits per heavy atom. The van der Waals surface area contributed by atoms with Crippen molar-refractivity contribution in [3.05, 3.63) is 30.1 Å². The van der Waals surface area contributed by atoms with E-state index in [2.05, 4.69) is 10.3 Å². The molecule has 4 nitrogen and oxygen atoms in total. The SMILES string of the molecule is O=C(OC[C@@H]1CCCN1)c1ccccn1. The first-order chi connectivity index (χ1) is 7.36. The van der Waals surface area contributed by atoms with E-state index >= 15 is 0 Å². The molecule has 0 spiro atoms. The van der Waals surface area contributed by atoms with Gasteiger partial charge in [0.2, 0.25) is 0 Å². The molecular formula is C11H14N2O2. The lowest BCUT2D eigenvalue weighted by Crippen LogP contribution is -2.28. The fraction of sp³-hybridized carbons (Fsp3) is 0.455. The van der Waals surface area contributed by atoms with Gasteiger partial charge in [-0.1, -0.05) is 6.07 Å². The van der Waals surface area contributed by atoms with Crippen LogP contribution in [0.5, 0.6) is 0 Å². The van der Waals surface area contributed by atoms with E-state index < -0.39 is 0 Å². The lowest BCUT2D eigenvalue weighted by atomic mass is 10.2. The van der Waals surface area contributed by atoms with Gasteiger partial charge >= 0.3 is 5.97 Å². The molecule has 0 radical (unpaired) electrons. The van der Waals surface area contributed by atoms with Gasteiger partial charge in [-0.2, -0.15) is 0 Å². The van der Waals surface area contributed by atoms with E-state index in [9.17, 15) is 4.79 Å². The van der Waals surface area contributed by atoms with Gasteiger partial charge in [-0.05, 0) is 31.5 Å². The number of rotatable bonds is 3. The van der Waals surface area contributed by atoms with Crippen LogP contribution in [0.4, 0.5) is 0 Å². The number of hydrogen-bond acceptors (Lipinski definition) is 4. The average molecular weight is 206 g/mol. The second kappa shape index (κ2) is 4.89. The predicted octanol–water partition coefficient (Wildman–Crippen LogP) is 0.990. The van der Waals surface area contributed by atoms with Gasteiger partial charge in [0.1, 0.15) is 12.3 Å². The number of nitrogens with one attached hydrogen (secondary N) is 1. The molecule has 1 aliphatic rings. The van der Waals surface area contributed by atoms with Gasteiger partial charge in [0.25, 0.3) is 0 Å². The molecule has 1 atom stereocenters. The van der Waals surface area contributed by atoms with Crippen LogP contribution in [-0.2, 0) is 4.74 Å². The van der Waals surface area contributed by atoms with Crippen molar-refractivity contribution in [2.24, 2.45) is 0 Å². The summed E-state index contributed by atoms with van der Waals surface area (Å²) < 4.78 is 5.15. The average Bonchev–Trinajstić information content (AvgIpc) is 2.80. The van der Waals surface area contributed by atoms with Crippen LogP contribution in [0.25, 0.3) is 0 Å². The summed E-state index contributed by atoms with van der Waals surface area (Å²) in [6.07, 6.45) is 3.83. The van der Waals surface area contributed by atoms with Crippen LogP contribution < -0.4 is 5.32 Å². The Morgan fingerprint density at radius 1 is 1.60 bits per heavy atom. The van der Waals surface area contributed by atoms with E-state index in [0.717, 1.165) is 19.4 Å². The van der Waals surface area contributed by atoms with Crippen LogP contribution in [0.15, 0.2) is 24.4 Å². The zero-order valence-corrected chi connectivity index (χ0v) is 8.48. The lowest BCUT2D eigenvalue weighted by molar-refractivity contribution is 0.0466. The smallest absolute Gasteiger partial charge is 0.356 e. The van der Waals surface area contributed by atoms with E-state index in [1.165, 1.54) is 0 Å². The van der Waals surface area contributed by atoms with Crippen LogP contribution >= 0.6 is 0 Å². The van der Waals surface area contributed by atoms with Gasteiger partial charge in [-0.15, -0.1) is 0 Å². The van der Waals surface area contributed by atoms with Gasteiger partial charge in [-0.3, -0.25) is 0 Å². The minimum Gasteiger partial charge on any atom is -0.459 e. The first-order valence-electron chi connectivity index (χ1n) is 5.18. The number of carbonyl (C=O) groups is 1. The van der Waals surface area contributed by atoms with Crippen LogP contribution in [0.3, 0.4) is 0 Å². The highest BCUT2D eigenvalue weighted by Crippen LogP contribution is 2.06. The van der Waals surface area contributed by atoms with Gasteiger partial charge < -0.3 is 10.1 Å². The maximum absolute atomic E-state index is 11.5. The summed E-state index contributed by atoms with van der Waals surface area (Å²) in [5.41, 5.74) is 0.371. The van der Waals surface area contributed by atoms with Crippen molar-refractivity contribution in [1.29, 1.82) is 0 Å². The first-order valence-corrected chi connectivity index (χ1v) is 5.18. The van der Waals surface area contributed by atoms with E-state index in [4.69, 9.17) is 4.74 Å². The minimum atomic E-state index is -0.343. The van der Waals surface area contributed by atoms with Gasteiger partial charge in [0, 0.05) is 12.2 Å². The van der Waals surface area contributed by atoms with Gasteiger partial charge in [0.15, 0.2) is 0 Å². The molecule has 2 rings (SSSR count). The van der Waals surface area contributed by atoms with Crippen molar-refractivity contribution in [1.82, 2.24) is 10.3 Å². The summed E-state index contributed by atoms with van der Waals surface area (Å²) in [6.45, 7) is 1.46. The maximum Gasteiger partial charge on any atom is 0.356 e. The molecule has 0 bridgehead atoms. The lowest BCUT2D eigenvalue weighted by Gasteiger charge is -2.10. The molecular weight excluding hydrogens is 192 g/mol. The highest BCUT2D eigenvalue weighted by Gasteiger charge is 2.16. The molecule has 1 fully saturated rings. The third-order valence-corrected chi connectivity index (χ3v) is 2.45. The Kier molecular flexibility index (Phi) is 3.29. The second-order valence-corrected chi connectivity index (χ2v) is 3.61. The first kappa shape index (κ1) is 10.1. The molecule has 1 saturated heterocycles. The quantitative estimate of drug-likeness (QED) is 0.749. The third kappa shape index (κ3) is 2.76. The fourth-order valence-electron chi connectivity index (χ4n) is 1.63. The second-order valence-electron chi connectivity index (χ2n) is 3.61. The van der Waals surface area contributed by atoms with E-state index in [1.54, 1.807) is 24.4 Å². The topological polar surface area (TPSA) is 51.2 Å². The number of aromatic nitrogens is 1. The van der Waals surface area contributed by atoms with E-state index in [-0.39, 0.29) is 5.97 Å². The number of esters is 1. The monoisotopic (exact) mass is 206 g/mol. The summed E-state index contributed by atoms with van der Waals surface area (Å²) in [4.78, 5) is 15.4. The molecule has 0 saturated carbocycles.